The van der Waals surface area contributed by atoms with E-state index in [1.54, 1.807) is 19.2 Å². The van der Waals surface area contributed by atoms with E-state index in [9.17, 15) is 0 Å². The number of halogens is 4. The lowest BCUT2D eigenvalue weighted by Gasteiger charge is -2.20. The Bertz CT molecular complexity index is 686. The zero-order valence-corrected chi connectivity index (χ0v) is 15.7. The van der Waals surface area contributed by atoms with Gasteiger partial charge in [-0.05, 0) is 48.7 Å². The Morgan fingerprint density at radius 2 is 1.76 bits per heavy atom. The van der Waals surface area contributed by atoms with Crippen LogP contribution in [0, 0.1) is 13.8 Å². The van der Waals surface area contributed by atoms with Crippen molar-refractivity contribution in [2.75, 3.05) is 7.11 Å². The van der Waals surface area contributed by atoms with Gasteiger partial charge in [-0.3, -0.25) is 0 Å². The van der Waals surface area contributed by atoms with E-state index in [-0.39, 0.29) is 5.38 Å². The summed E-state index contributed by atoms with van der Waals surface area (Å²) < 4.78 is 6.55. The number of alkyl halides is 1. The molecule has 0 fully saturated rings. The zero-order valence-electron chi connectivity index (χ0n) is 11.8. The maximum absolute atomic E-state index is 6.69. The van der Waals surface area contributed by atoms with Gasteiger partial charge in [0.25, 0.3) is 0 Å². The molecule has 0 aliphatic rings. The van der Waals surface area contributed by atoms with Crippen LogP contribution >= 0.6 is 50.7 Å². The highest BCUT2D eigenvalue weighted by molar-refractivity contribution is 9.10. The molecule has 21 heavy (non-hydrogen) atoms. The molecule has 0 radical (unpaired) electrons. The summed E-state index contributed by atoms with van der Waals surface area (Å²) in [6, 6.07) is 7.44. The summed E-state index contributed by atoms with van der Waals surface area (Å²) in [4.78, 5) is 0. The fourth-order valence-electron chi connectivity index (χ4n) is 2.29. The molecule has 0 spiro atoms. The first kappa shape index (κ1) is 17.0. The van der Waals surface area contributed by atoms with E-state index in [1.807, 2.05) is 26.0 Å². The van der Waals surface area contributed by atoms with Crippen LogP contribution in [-0.4, -0.2) is 7.11 Å². The van der Waals surface area contributed by atoms with Gasteiger partial charge in [0.1, 0.15) is 5.75 Å². The number of hydrogen-bond donors (Lipinski definition) is 0. The third-order valence-electron chi connectivity index (χ3n) is 3.40. The summed E-state index contributed by atoms with van der Waals surface area (Å²) >= 11 is 22.3. The van der Waals surface area contributed by atoms with Gasteiger partial charge in [-0.2, -0.15) is 0 Å². The van der Waals surface area contributed by atoms with Crippen molar-refractivity contribution in [3.05, 3.63) is 61.0 Å². The van der Waals surface area contributed by atoms with Crippen molar-refractivity contribution >= 4 is 50.7 Å². The standard InChI is InChI=1S/C16H14BrCl3O/c1-8-6-11(17)9(2)14(16(8)21-3)15(20)10-4-5-12(18)13(19)7-10/h4-7,15H,1-3H3. The minimum atomic E-state index is -0.370. The fourth-order valence-corrected chi connectivity index (χ4v) is 3.55. The van der Waals surface area contributed by atoms with Gasteiger partial charge in [-0.25, -0.2) is 0 Å². The van der Waals surface area contributed by atoms with E-state index in [4.69, 9.17) is 39.5 Å². The Labute approximate surface area is 148 Å². The second-order valence-corrected chi connectivity index (χ2v) is 6.89. The molecule has 0 N–H and O–H groups in total. The van der Waals surface area contributed by atoms with Gasteiger partial charge in [0.05, 0.1) is 22.5 Å². The van der Waals surface area contributed by atoms with Gasteiger partial charge in [0, 0.05) is 10.0 Å². The van der Waals surface area contributed by atoms with Gasteiger partial charge in [-0.1, -0.05) is 45.2 Å². The largest absolute Gasteiger partial charge is 0.496 e. The lowest BCUT2D eigenvalue weighted by molar-refractivity contribution is 0.406. The minimum Gasteiger partial charge on any atom is -0.496 e. The predicted molar refractivity (Wildman–Crippen MR) is 94.3 cm³/mol. The first-order valence-corrected chi connectivity index (χ1v) is 8.28. The second kappa shape index (κ2) is 6.78. The molecule has 2 aromatic rings. The normalized spacial score (nSPS) is 12.3. The number of benzene rings is 2. The first-order chi connectivity index (χ1) is 9.86. The van der Waals surface area contributed by atoms with Crippen LogP contribution < -0.4 is 4.74 Å². The number of hydrogen-bond acceptors (Lipinski definition) is 1. The summed E-state index contributed by atoms with van der Waals surface area (Å²) in [5.41, 5.74) is 3.88. The molecule has 0 amide bonds. The second-order valence-electron chi connectivity index (χ2n) is 4.78. The molecule has 0 saturated carbocycles. The first-order valence-electron chi connectivity index (χ1n) is 6.29. The minimum absolute atomic E-state index is 0.370. The molecule has 1 atom stereocenters. The van der Waals surface area contributed by atoms with Crippen LogP contribution in [0.2, 0.25) is 10.0 Å². The molecule has 0 aromatic heterocycles. The van der Waals surface area contributed by atoms with Crippen LogP contribution in [0.3, 0.4) is 0 Å². The van der Waals surface area contributed by atoms with Crippen LogP contribution in [0.4, 0.5) is 0 Å². The summed E-state index contributed by atoms with van der Waals surface area (Å²) in [6.45, 7) is 4.00. The van der Waals surface area contributed by atoms with Gasteiger partial charge < -0.3 is 4.74 Å². The lowest BCUT2D eigenvalue weighted by Crippen LogP contribution is -2.03. The van der Waals surface area contributed by atoms with Crippen LogP contribution in [0.1, 0.15) is 27.6 Å². The van der Waals surface area contributed by atoms with Gasteiger partial charge in [0.15, 0.2) is 0 Å². The maximum atomic E-state index is 6.69. The molecular formula is C16H14BrCl3O. The highest BCUT2D eigenvalue weighted by Gasteiger charge is 2.22. The third-order valence-corrected chi connectivity index (χ3v) is 5.44. The topological polar surface area (TPSA) is 9.23 Å². The molecule has 0 aliphatic carbocycles. The predicted octanol–water partition coefficient (Wildman–Crippen LogP) is 6.71. The molecule has 112 valence electrons. The Kier molecular flexibility index (Phi) is 5.48. The van der Waals surface area contributed by atoms with E-state index in [0.29, 0.717) is 10.0 Å². The molecule has 2 aromatic carbocycles. The zero-order chi connectivity index (χ0) is 15.7. The molecule has 0 saturated heterocycles. The summed E-state index contributed by atoms with van der Waals surface area (Å²) in [6.07, 6.45) is 0. The van der Waals surface area contributed by atoms with Gasteiger partial charge in [0.2, 0.25) is 0 Å². The van der Waals surface area contributed by atoms with Crippen molar-refractivity contribution < 1.29 is 4.74 Å². The van der Waals surface area contributed by atoms with Crippen LogP contribution in [0.25, 0.3) is 0 Å². The quantitative estimate of drug-likeness (QED) is 0.513. The Balaban J connectivity index is 2.62. The van der Waals surface area contributed by atoms with Crippen molar-refractivity contribution in [1.82, 2.24) is 0 Å². The SMILES string of the molecule is COc1c(C)cc(Br)c(C)c1C(Cl)c1ccc(Cl)c(Cl)c1. The Morgan fingerprint density at radius 1 is 1.10 bits per heavy atom. The Morgan fingerprint density at radius 3 is 2.33 bits per heavy atom. The monoisotopic (exact) mass is 406 g/mol. The molecule has 0 heterocycles. The summed E-state index contributed by atoms with van der Waals surface area (Å²) in [5.74, 6) is 0.793. The summed E-state index contributed by atoms with van der Waals surface area (Å²) in [7, 11) is 1.65. The van der Waals surface area contributed by atoms with E-state index in [1.165, 1.54) is 0 Å². The smallest absolute Gasteiger partial charge is 0.127 e. The van der Waals surface area contributed by atoms with Crippen LogP contribution in [0.15, 0.2) is 28.7 Å². The van der Waals surface area contributed by atoms with Gasteiger partial charge >= 0.3 is 0 Å². The molecule has 5 heteroatoms. The van der Waals surface area contributed by atoms with Gasteiger partial charge in [-0.15, -0.1) is 11.6 Å². The van der Waals surface area contributed by atoms with Crippen molar-refractivity contribution in [2.45, 2.75) is 19.2 Å². The van der Waals surface area contributed by atoms with E-state index in [0.717, 1.165) is 32.5 Å². The average Bonchev–Trinajstić information content (AvgIpc) is 2.44. The highest BCUT2D eigenvalue weighted by Crippen LogP contribution is 2.42. The number of methoxy groups -OCH3 is 1. The van der Waals surface area contributed by atoms with Crippen molar-refractivity contribution in [1.29, 1.82) is 0 Å². The van der Waals surface area contributed by atoms with E-state index in [2.05, 4.69) is 15.9 Å². The average molecular weight is 409 g/mol. The molecule has 0 aliphatic heterocycles. The molecular weight excluding hydrogens is 394 g/mol. The highest BCUT2D eigenvalue weighted by atomic mass is 79.9. The third kappa shape index (κ3) is 3.34. The van der Waals surface area contributed by atoms with Crippen molar-refractivity contribution in [3.8, 4) is 5.75 Å². The van der Waals surface area contributed by atoms with Crippen LogP contribution in [0.5, 0.6) is 5.75 Å². The van der Waals surface area contributed by atoms with E-state index >= 15 is 0 Å². The molecule has 1 unspecified atom stereocenters. The van der Waals surface area contributed by atoms with Crippen molar-refractivity contribution in [3.63, 3.8) is 0 Å². The number of rotatable bonds is 3. The number of aryl methyl sites for hydroxylation is 1. The molecule has 1 nitrogen and oxygen atoms in total. The summed E-state index contributed by atoms with van der Waals surface area (Å²) in [5, 5.41) is 0.632. The van der Waals surface area contributed by atoms with Crippen LogP contribution in [-0.2, 0) is 0 Å². The van der Waals surface area contributed by atoms with E-state index < -0.39 is 0 Å². The number of ether oxygens (including phenoxy) is 1. The Hall–Kier alpha value is -0.410. The molecule has 2 rings (SSSR count). The lowest BCUT2D eigenvalue weighted by atomic mass is 9.96. The van der Waals surface area contributed by atoms with Crippen molar-refractivity contribution in [2.24, 2.45) is 0 Å². The maximum Gasteiger partial charge on any atom is 0.127 e. The molecule has 0 bridgehead atoms. The fraction of sp³-hybridized carbons (Fsp3) is 0.250.